The largest absolute Gasteiger partial charge is 0.493 e. The van der Waals surface area contributed by atoms with Crippen molar-refractivity contribution in [2.24, 2.45) is 29.6 Å². The Bertz CT molecular complexity index is 4300. The lowest BCUT2D eigenvalue weighted by Crippen LogP contribution is -2.54. The summed E-state index contributed by atoms with van der Waals surface area (Å²) in [6, 6.07) is 8.68. The first kappa shape index (κ1) is 64.6. The summed E-state index contributed by atoms with van der Waals surface area (Å²) in [6.45, 7) is 2.25. The highest BCUT2D eigenvalue weighted by molar-refractivity contribution is 7.85. The van der Waals surface area contributed by atoms with Crippen LogP contribution in [0.4, 0.5) is 26.3 Å². The third-order valence-electron chi connectivity index (χ3n) is 18.1. The van der Waals surface area contributed by atoms with Crippen molar-refractivity contribution in [3.63, 3.8) is 0 Å². The number of rotatable bonds is 19. The van der Waals surface area contributed by atoms with Crippen molar-refractivity contribution in [2.45, 2.75) is 88.6 Å². The van der Waals surface area contributed by atoms with Gasteiger partial charge < -0.3 is 23.7 Å². The van der Waals surface area contributed by atoms with Crippen molar-refractivity contribution in [3.05, 3.63) is 206 Å². The van der Waals surface area contributed by atoms with Crippen LogP contribution in [0.2, 0.25) is 0 Å². The van der Waals surface area contributed by atoms with E-state index in [2.05, 4.69) is 0 Å². The number of hydrogen-bond donors (Lipinski definition) is 1. The number of ketones is 4. The van der Waals surface area contributed by atoms with E-state index in [-0.39, 0.29) is 101 Å². The van der Waals surface area contributed by atoms with E-state index in [1.54, 1.807) is 55.5 Å². The van der Waals surface area contributed by atoms with Gasteiger partial charge in [-0.3, -0.25) is 52.7 Å². The molecule has 1 saturated carbocycles. The van der Waals surface area contributed by atoms with Crippen LogP contribution in [-0.2, 0) is 53.8 Å². The zero-order chi connectivity index (χ0) is 67.1. The van der Waals surface area contributed by atoms with E-state index < -0.39 is 128 Å². The van der Waals surface area contributed by atoms with Gasteiger partial charge in [-0.2, -0.15) is 34.8 Å². The minimum atomic E-state index is -6.08. The number of benzene rings is 3. The van der Waals surface area contributed by atoms with Gasteiger partial charge in [0.05, 0.1) is 42.6 Å². The number of halogens is 6. The molecule has 0 radical (unpaired) electrons. The van der Waals surface area contributed by atoms with Crippen molar-refractivity contribution < 1.29 is 101 Å². The average molecular weight is 1320 g/mol. The summed E-state index contributed by atoms with van der Waals surface area (Å²) in [5.41, 5.74) is -6.25. The molecule has 488 valence electrons. The van der Waals surface area contributed by atoms with Gasteiger partial charge in [-0.1, -0.05) is 61.1 Å². The summed E-state index contributed by atoms with van der Waals surface area (Å²) in [4.78, 5) is 111. The number of nitrogens with zero attached hydrogens (tertiary/aromatic N) is 2. The lowest BCUT2D eigenvalue weighted by molar-refractivity contribution is -0.288. The van der Waals surface area contributed by atoms with Gasteiger partial charge in [-0.05, 0) is 128 Å². The number of hydrogen-bond acceptors (Lipinski definition) is 15. The van der Waals surface area contributed by atoms with Crippen molar-refractivity contribution in [1.29, 1.82) is 0 Å². The topological polar surface area (TPSA) is 244 Å². The number of carbonyl (C=O) groups excluding carboxylic acids is 8. The Morgan fingerprint density at radius 3 is 1.88 bits per heavy atom. The van der Waals surface area contributed by atoms with E-state index in [4.69, 9.17) is 28.2 Å². The molecule has 3 aromatic rings. The number of allylic oxidation sites excluding steroid dienone is 12. The summed E-state index contributed by atoms with van der Waals surface area (Å²) in [7, 11) is -3.02. The standard InChI is InChI=1S/C69H58F6N2O16S/c1-4-26-89-56-30-38(67(68(70,71)72,69(73,74)75)37-9-6-35(2)55(29-37)90-27-5-28-94(86,87)88)10-21-50(56)58-60(79)47-23-18-43(32-52(47)62(58)81)93-45-20-25-49-54(34-45)66(85)77(65(49)84)39-11-15-41(16-12-39)91-40-13-7-36(8-14-40)57-59(78)46-22-17-42(31-51(46)61(57)80)92-44-19-24-48-53(33-44)64(83)76(3)63(48)82/h6-7,9-11,13,15,17,19-25,29-34,43,48-49,53-54,57-58H,4-5,8,12,14,16,18,26-28H2,1-3H3,(H,86,87,88). The summed E-state index contributed by atoms with van der Waals surface area (Å²) in [5.74, 6) is -9.80. The molecular weight excluding hydrogens is 1260 g/mol. The van der Waals surface area contributed by atoms with Crippen LogP contribution in [-0.4, -0.2) is 114 Å². The third-order valence-corrected chi connectivity index (χ3v) is 18.9. The Labute approximate surface area is 533 Å². The first-order valence-electron chi connectivity index (χ1n) is 30.2. The molecule has 12 rings (SSSR count). The number of carbonyl (C=O) groups is 8. The van der Waals surface area contributed by atoms with E-state index in [9.17, 15) is 46.8 Å². The van der Waals surface area contributed by atoms with Gasteiger partial charge in [0.15, 0.2) is 23.1 Å². The van der Waals surface area contributed by atoms with Crippen LogP contribution in [0.5, 0.6) is 17.2 Å². The Kier molecular flexibility index (Phi) is 16.8. The van der Waals surface area contributed by atoms with Crippen LogP contribution in [0.1, 0.15) is 101 Å². The molecule has 0 spiro atoms. The lowest BCUT2D eigenvalue weighted by atomic mass is 9.72. The van der Waals surface area contributed by atoms with E-state index in [0.717, 1.165) is 21.9 Å². The summed E-state index contributed by atoms with van der Waals surface area (Å²) >= 11 is 0. The third kappa shape index (κ3) is 11.5. The van der Waals surface area contributed by atoms with Crippen LogP contribution in [0, 0.1) is 36.5 Å². The molecule has 7 atom stereocenters. The maximum absolute atomic E-state index is 15.5. The fourth-order valence-corrected chi connectivity index (χ4v) is 13.9. The van der Waals surface area contributed by atoms with Crippen molar-refractivity contribution in [3.8, 4) is 17.2 Å². The normalized spacial score (nSPS) is 24.4. The molecule has 94 heavy (non-hydrogen) atoms. The van der Waals surface area contributed by atoms with Crippen LogP contribution in [0.25, 0.3) is 0 Å². The van der Waals surface area contributed by atoms with Gasteiger partial charge in [0.1, 0.15) is 58.2 Å². The molecule has 2 heterocycles. The second-order valence-electron chi connectivity index (χ2n) is 24.0. The highest BCUT2D eigenvalue weighted by Crippen LogP contribution is 2.58. The predicted molar refractivity (Wildman–Crippen MR) is 320 cm³/mol. The SMILES string of the molecule is CCCOc1cc(C(c2ccc(C)c(OCCCS(=O)(=O)O)c2)(C(F)(F)F)C(F)(F)F)ccc1C1C(=O)C2=CCC(OC3=CC4C(=O)N(C5=CC=C(OC6=CC=C(C7C(=O)c8ccc(OC9=CC%10C(=O)N(C)C(=O)C%10C=C9)cc8C7=O)CC6)CC5)C(=O)C4C=C3)C=C2C1=O. The zero-order valence-electron chi connectivity index (χ0n) is 50.4. The number of ether oxygens (including phenoxy) is 5. The molecule has 2 aliphatic heterocycles. The predicted octanol–water partition coefficient (Wildman–Crippen LogP) is 10.7. The number of Topliss-reactive ketones (excluding diaryl/α,β-unsaturated/α-hetero) is 4. The molecule has 2 saturated heterocycles. The fourth-order valence-electron chi connectivity index (χ4n) is 13.4. The molecule has 0 aromatic heterocycles. The van der Waals surface area contributed by atoms with Crippen molar-refractivity contribution in [1.82, 2.24) is 9.80 Å². The molecule has 1 N–H and O–H groups in total. The molecule has 7 aliphatic carbocycles. The lowest BCUT2D eigenvalue weighted by Gasteiger charge is -2.39. The number of fused-ring (bicyclic) bond motifs is 4. The van der Waals surface area contributed by atoms with Crippen molar-refractivity contribution in [2.75, 3.05) is 26.0 Å². The van der Waals surface area contributed by atoms with Crippen LogP contribution < -0.4 is 14.2 Å². The Balaban J connectivity index is 0.698. The Morgan fingerprint density at radius 2 is 1.21 bits per heavy atom. The molecule has 7 unspecified atom stereocenters. The van der Waals surface area contributed by atoms with Crippen LogP contribution >= 0.6 is 0 Å². The van der Waals surface area contributed by atoms with E-state index in [1.165, 1.54) is 56.5 Å². The second-order valence-corrected chi connectivity index (χ2v) is 25.6. The average Bonchev–Trinajstić information content (AvgIpc) is 1.07. The smallest absolute Gasteiger partial charge is 0.411 e. The van der Waals surface area contributed by atoms with Crippen molar-refractivity contribution >= 4 is 56.9 Å². The van der Waals surface area contributed by atoms with Crippen LogP contribution in [0.3, 0.4) is 0 Å². The monoisotopic (exact) mass is 1320 g/mol. The molecule has 25 heteroatoms. The van der Waals surface area contributed by atoms with Gasteiger partial charge in [0.25, 0.3) is 10.1 Å². The van der Waals surface area contributed by atoms with Crippen LogP contribution in [0.15, 0.2) is 173 Å². The van der Waals surface area contributed by atoms with Gasteiger partial charge in [0, 0.05) is 59.8 Å². The molecular formula is C69H58F6N2O16S. The van der Waals surface area contributed by atoms with Gasteiger partial charge in [-0.25, -0.2) is 0 Å². The minimum absolute atomic E-state index is 0.0173. The van der Waals surface area contributed by atoms with E-state index in [1.807, 2.05) is 0 Å². The zero-order valence-corrected chi connectivity index (χ0v) is 51.2. The number of aryl methyl sites for hydroxylation is 1. The maximum Gasteiger partial charge on any atom is 0.411 e. The molecule has 4 amide bonds. The number of imide groups is 2. The fraction of sp³-hybridized carbons (Fsp3) is 0.333. The minimum Gasteiger partial charge on any atom is -0.493 e. The molecule has 0 bridgehead atoms. The second kappa shape index (κ2) is 24.4. The maximum atomic E-state index is 15.5. The summed E-state index contributed by atoms with van der Waals surface area (Å²) < 4.78 is 154. The summed E-state index contributed by atoms with van der Waals surface area (Å²) in [5, 5.41) is 0. The molecule has 3 fully saturated rings. The number of amides is 4. The molecule has 9 aliphatic rings. The number of likely N-dealkylation sites (tertiary alicyclic amines) is 2. The highest BCUT2D eigenvalue weighted by atomic mass is 32.2. The van der Waals surface area contributed by atoms with Gasteiger partial charge in [-0.15, -0.1) is 0 Å². The first-order valence-corrected chi connectivity index (χ1v) is 31.8. The quantitative estimate of drug-likeness (QED) is 0.0385. The first-order chi connectivity index (χ1) is 44.6. The summed E-state index contributed by atoms with van der Waals surface area (Å²) in [6.07, 6.45) is 6.89. The van der Waals surface area contributed by atoms with E-state index in [0.29, 0.717) is 72.1 Å². The Morgan fingerprint density at radius 1 is 0.606 bits per heavy atom. The highest BCUT2D eigenvalue weighted by Gasteiger charge is 2.73. The molecule has 3 aromatic carbocycles. The number of alkyl halides is 6. The van der Waals surface area contributed by atoms with E-state index >= 15 is 26.3 Å². The Hall–Kier alpha value is -9.49. The molecule has 18 nitrogen and oxygen atoms in total. The van der Waals surface area contributed by atoms with Gasteiger partial charge >= 0.3 is 12.4 Å². The van der Waals surface area contributed by atoms with Gasteiger partial charge in [0.2, 0.25) is 29.0 Å².